The molecule has 0 aromatic rings. The number of hydrogen-bond acceptors (Lipinski definition) is 4. The summed E-state index contributed by atoms with van der Waals surface area (Å²) >= 11 is 0. The van der Waals surface area contributed by atoms with Gasteiger partial charge in [0.1, 0.15) is 0 Å². The van der Waals surface area contributed by atoms with Crippen molar-refractivity contribution in [2.45, 2.75) is 57.9 Å². The van der Waals surface area contributed by atoms with Gasteiger partial charge in [-0.15, -0.1) is 0 Å². The van der Waals surface area contributed by atoms with E-state index in [0.29, 0.717) is 0 Å². The Morgan fingerprint density at radius 2 is 1.60 bits per heavy atom. The van der Waals surface area contributed by atoms with E-state index in [0.717, 1.165) is 45.3 Å². The van der Waals surface area contributed by atoms with Crippen LogP contribution in [0.15, 0.2) is 0 Å². The average Bonchev–Trinajstić information content (AvgIpc) is 2.89. The first-order valence-electron chi connectivity index (χ1n) is 5.92. The molecule has 2 aliphatic heterocycles. The molecule has 4 nitrogen and oxygen atoms in total. The lowest BCUT2D eigenvalue weighted by molar-refractivity contribution is -0.278. The Balaban J connectivity index is 1.70. The van der Waals surface area contributed by atoms with Crippen LogP contribution in [0.2, 0.25) is 0 Å². The number of rotatable bonds is 5. The van der Waals surface area contributed by atoms with Gasteiger partial charge in [0.25, 0.3) is 0 Å². The quantitative estimate of drug-likeness (QED) is 0.659. The molecule has 0 radical (unpaired) electrons. The van der Waals surface area contributed by atoms with Crippen molar-refractivity contribution < 1.29 is 18.9 Å². The third-order valence-electron chi connectivity index (χ3n) is 2.72. The number of ether oxygens (including phenoxy) is 4. The molecule has 0 spiro atoms. The molecule has 2 unspecified atom stereocenters. The Kier molecular flexibility index (Phi) is 4.38. The van der Waals surface area contributed by atoms with E-state index in [2.05, 4.69) is 6.92 Å². The van der Waals surface area contributed by atoms with Crippen molar-refractivity contribution in [2.75, 3.05) is 13.2 Å². The fourth-order valence-corrected chi connectivity index (χ4v) is 1.87. The molecule has 88 valence electrons. The molecule has 0 aliphatic carbocycles. The van der Waals surface area contributed by atoms with Crippen molar-refractivity contribution in [2.24, 2.45) is 0 Å². The maximum absolute atomic E-state index is 5.70. The normalized spacial score (nSPS) is 33.4. The third kappa shape index (κ3) is 3.41. The Morgan fingerprint density at radius 1 is 1.07 bits per heavy atom. The van der Waals surface area contributed by atoms with Crippen LogP contribution in [0.5, 0.6) is 0 Å². The monoisotopic (exact) mass is 216 g/mol. The molecular formula is C11H20O4. The van der Waals surface area contributed by atoms with Gasteiger partial charge in [-0.05, 0) is 19.3 Å². The second-order valence-corrected chi connectivity index (χ2v) is 4.00. The van der Waals surface area contributed by atoms with Gasteiger partial charge < -0.3 is 18.9 Å². The fraction of sp³-hybridized carbons (Fsp3) is 1.00. The summed E-state index contributed by atoms with van der Waals surface area (Å²) in [4.78, 5) is 0. The first-order chi connectivity index (χ1) is 7.38. The van der Waals surface area contributed by atoms with Crippen LogP contribution < -0.4 is 0 Å². The van der Waals surface area contributed by atoms with E-state index in [4.69, 9.17) is 18.9 Å². The first kappa shape index (κ1) is 11.3. The largest absolute Gasteiger partial charge is 0.353 e. The van der Waals surface area contributed by atoms with Gasteiger partial charge in [0.2, 0.25) is 0 Å². The fourth-order valence-electron chi connectivity index (χ4n) is 1.87. The van der Waals surface area contributed by atoms with Crippen LogP contribution in [0.25, 0.3) is 0 Å². The summed E-state index contributed by atoms with van der Waals surface area (Å²) in [6, 6.07) is 0. The standard InChI is InChI=1S/C11H20O4/c1-2-9(14-10-5-3-7-12-10)15-11-6-4-8-13-11/h9-11H,2-8H2,1H3. The molecule has 2 heterocycles. The minimum atomic E-state index is -0.184. The molecule has 2 atom stereocenters. The van der Waals surface area contributed by atoms with Gasteiger partial charge in [-0.25, -0.2) is 0 Å². The Morgan fingerprint density at radius 3 is 1.93 bits per heavy atom. The van der Waals surface area contributed by atoms with E-state index >= 15 is 0 Å². The summed E-state index contributed by atoms with van der Waals surface area (Å²) in [5.74, 6) is 0. The third-order valence-corrected chi connectivity index (χ3v) is 2.72. The highest BCUT2D eigenvalue weighted by Gasteiger charge is 2.24. The van der Waals surface area contributed by atoms with Gasteiger partial charge in [0.05, 0.1) is 0 Å². The van der Waals surface area contributed by atoms with Crippen LogP contribution in [0.4, 0.5) is 0 Å². The lowest BCUT2D eigenvalue weighted by atomic mass is 10.3. The Labute approximate surface area is 90.8 Å². The highest BCUT2D eigenvalue weighted by atomic mass is 16.8. The van der Waals surface area contributed by atoms with Crippen LogP contribution in [0.1, 0.15) is 39.0 Å². The summed E-state index contributed by atoms with van der Waals surface area (Å²) in [7, 11) is 0. The summed E-state index contributed by atoms with van der Waals surface area (Å²) in [6.45, 7) is 3.66. The van der Waals surface area contributed by atoms with E-state index in [1.165, 1.54) is 0 Å². The number of hydrogen-bond donors (Lipinski definition) is 0. The summed E-state index contributed by atoms with van der Waals surface area (Å²) in [5.41, 5.74) is 0. The lowest BCUT2D eigenvalue weighted by Gasteiger charge is -2.23. The molecule has 0 aromatic carbocycles. The van der Waals surface area contributed by atoms with Crippen molar-refractivity contribution in [3.63, 3.8) is 0 Å². The first-order valence-corrected chi connectivity index (χ1v) is 5.92. The minimum Gasteiger partial charge on any atom is -0.353 e. The van der Waals surface area contributed by atoms with Crippen molar-refractivity contribution in [3.05, 3.63) is 0 Å². The zero-order chi connectivity index (χ0) is 10.5. The Hall–Kier alpha value is -0.160. The molecule has 2 aliphatic rings. The van der Waals surface area contributed by atoms with Crippen molar-refractivity contribution in [1.82, 2.24) is 0 Å². The van der Waals surface area contributed by atoms with Gasteiger partial charge in [-0.1, -0.05) is 6.92 Å². The molecule has 4 heteroatoms. The van der Waals surface area contributed by atoms with E-state index < -0.39 is 0 Å². The molecule has 15 heavy (non-hydrogen) atoms. The van der Waals surface area contributed by atoms with E-state index in [1.807, 2.05) is 0 Å². The summed E-state index contributed by atoms with van der Waals surface area (Å²) in [5, 5.41) is 0. The van der Waals surface area contributed by atoms with Gasteiger partial charge in [0.15, 0.2) is 18.9 Å². The van der Waals surface area contributed by atoms with Gasteiger partial charge in [0, 0.05) is 26.1 Å². The van der Waals surface area contributed by atoms with Gasteiger partial charge >= 0.3 is 0 Å². The van der Waals surface area contributed by atoms with Crippen LogP contribution in [0, 0.1) is 0 Å². The van der Waals surface area contributed by atoms with E-state index in [9.17, 15) is 0 Å². The topological polar surface area (TPSA) is 36.9 Å². The second-order valence-electron chi connectivity index (χ2n) is 4.00. The van der Waals surface area contributed by atoms with Crippen LogP contribution in [0.3, 0.4) is 0 Å². The maximum atomic E-state index is 5.70. The zero-order valence-electron chi connectivity index (χ0n) is 9.31. The Bertz CT molecular complexity index is 155. The van der Waals surface area contributed by atoms with Crippen LogP contribution in [-0.4, -0.2) is 32.1 Å². The molecule has 2 saturated heterocycles. The van der Waals surface area contributed by atoms with Crippen molar-refractivity contribution in [1.29, 1.82) is 0 Å². The van der Waals surface area contributed by atoms with Crippen LogP contribution >= 0.6 is 0 Å². The molecule has 0 N–H and O–H groups in total. The maximum Gasteiger partial charge on any atom is 0.163 e. The lowest BCUT2D eigenvalue weighted by Crippen LogP contribution is -2.28. The molecule has 2 fully saturated rings. The van der Waals surface area contributed by atoms with Crippen LogP contribution in [-0.2, 0) is 18.9 Å². The average molecular weight is 216 g/mol. The molecule has 0 amide bonds. The van der Waals surface area contributed by atoms with Crippen molar-refractivity contribution in [3.8, 4) is 0 Å². The highest BCUT2D eigenvalue weighted by molar-refractivity contribution is 4.59. The predicted molar refractivity (Wildman–Crippen MR) is 54.2 cm³/mol. The summed E-state index contributed by atoms with van der Waals surface area (Å²) < 4.78 is 22.2. The summed E-state index contributed by atoms with van der Waals surface area (Å²) in [6.07, 6.45) is 4.63. The van der Waals surface area contributed by atoms with Crippen molar-refractivity contribution >= 4 is 0 Å². The SMILES string of the molecule is CCC(OC1CCCO1)OC1CCCO1. The second kappa shape index (κ2) is 5.80. The minimum absolute atomic E-state index is 0.0728. The van der Waals surface area contributed by atoms with E-state index in [1.54, 1.807) is 0 Å². The highest BCUT2D eigenvalue weighted by Crippen LogP contribution is 2.21. The van der Waals surface area contributed by atoms with Gasteiger partial charge in [-0.2, -0.15) is 0 Å². The molecule has 0 aromatic heterocycles. The molecule has 0 bridgehead atoms. The molecule has 0 saturated carbocycles. The smallest absolute Gasteiger partial charge is 0.163 e. The zero-order valence-corrected chi connectivity index (χ0v) is 9.31. The predicted octanol–water partition coefficient (Wildman–Crippen LogP) is 2.03. The van der Waals surface area contributed by atoms with E-state index in [-0.39, 0.29) is 18.9 Å². The molecular weight excluding hydrogens is 196 g/mol. The van der Waals surface area contributed by atoms with Gasteiger partial charge in [-0.3, -0.25) is 0 Å². The molecule has 2 rings (SSSR count).